The lowest BCUT2D eigenvalue weighted by molar-refractivity contribution is 0.768. The first-order valence-corrected chi connectivity index (χ1v) is 23.0. The lowest BCUT2D eigenvalue weighted by Crippen LogP contribution is -2.28. The van der Waals surface area contributed by atoms with E-state index in [0.717, 1.165) is 0 Å². The van der Waals surface area contributed by atoms with Gasteiger partial charge in [-0.1, -0.05) is 218 Å². The van der Waals surface area contributed by atoms with Crippen molar-refractivity contribution < 1.29 is 0 Å². The van der Waals surface area contributed by atoms with Crippen molar-refractivity contribution in [1.82, 2.24) is 0 Å². The highest BCUT2D eigenvalue weighted by Crippen LogP contribution is 2.60. The molecule has 11 aromatic rings. The molecule has 65 heavy (non-hydrogen) atoms. The Kier molecular flexibility index (Phi) is 7.83. The van der Waals surface area contributed by atoms with E-state index >= 15 is 0 Å². The second-order valence-electron chi connectivity index (χ2n) is 18.2. The van der Waals surface area contributed by atoms with Crippen LogP contribution in [0, 0.1) is 0 Å². The molecule has 0 radical (unpaired) electrons. The van der Waals surface area contributed by atoms with Gasteiger partial charge in [0.15, 0.2) is 0 Å². The first-order valence-electron chi connectivity index (χ1n) is 23.0. The van der Waals surface area contributed by atoms with Crippen molar-refractivity contribution in [3.05, 3.63) is 298 Å². The Bertz CT molecular complexity index is 3680. The van der Waals surface area contributed by atoms with Crippen LogP contribution < -0.4 is 0 Å². The summed E-state index contributed by atoms with van der Waals surface area (Å²) in [4.78, 5) is 0. The van der Waals surface area contributed by atoms with Gasteiger partial charge in [-0.15, -0.1) is 0 Å². The topological polar surface area (TPSA) is 0 Å². The molecule has 0 saturated carbocycles. The normalized spacial score (nSPS) is 15.8. The van der Waals surface area contributed by atoms with Gasteiger partial charge in [0.25, 0.3) is 0 Å². The Morgan fingerprint density at radius 1 is 0.262 bits per heavy atom. The molecule has 11 aromatic carbocycles. The van der Waals surface area contributed by atoms with Gasteiger partial charge in [-0.3, -0.25) is 0 Å². The maximum absolute atomic E-state index is 2.59. The molecule has 0 bridgehead atoms. The van der Waals surface area contributed by atoms with Gasteiger partial charge in [-0.05, 0) is 146 Å². The minimum Gasteiger partial charge on any atom is -0.0622 e. The molecule has 0 saturated heterocycles. The quantitative estimate of drug-likeness (QED) is 0.162. The number of fused-ring (bicyclic) bond motifs is 11. The second kappa shape index (κ2) is 14.0. The van der Waals surface area contributed by atoms with Gasteiger partial charge in [0.2, 0.25) is 0 Å². The van der Waals surface area contributed by atoms with Crippen LogP contribution in [0.15, 0.2) is 243 Å². The van der Waals surface area contributed by atoms with Crippen LogP contribution in [0.25, 0.3) is 66.1 Å². The molecule has 0 aromatic heterocycles. The molecule has 0 fully saturated rings. The Balaban J connectivity index is 0.990. The van der Waals surface area contributed by atoms with Crippen molar-refractivity contribution >= 4 is 21.5 Å². The number of rotatable bonds is 5. The summed E-state index contributed by atoms with van der Waals surface area (Å²) in [6.45, 7) is 0. The van der Waals surface area contributed by atoms with Gasteiger partial charge in [0.05, 0.1) is 5.41 Å². The minimum absolute atomic E-state index is 0.0907. The van der Waals surface area contributed by atoms with E-state index in [1.807, 2.05) is 0 Å². The summed E-state index contributed by atoms with van der Waals surface area (Å²) in [6, 6.07) is 91.8. The van der Waals surface area contributed by atoms with E-state index in [2.05, 4.69) is 243 Å². The van der Waals surface area contributed by atoms with Crippen LogP contribution in [0.3, 0.4) is 0 Å². The molecule has 3 aliphatic carbocycles. The van der Waals surface area contributed by atoms with E-state index in [9.17, 15) is 0 Å². The Labute approximate surface area is 379 Å². The molecule has 0 heteroatoms. The molecule has 0 amide bonds. The third-order valence-electron chi connectivity index (χ3n) is 15.1. The third kappa shape index (κ3) is 5.20. The van der Waals surface area contributed by atoms with E-state index in [0.29, 0.717) is 0 Å². The standard InChI is InChI=1S/C65H42/c1-3-20-47(21-4-1)65(48-22-5-2-6-23-48)61-29-14-13-26-51(61)59-39-60-58(40-62(59)65)57-38-45(32-34-54(57)63(60)46-31-30-41-16-7-8-18-43(41)36-46)44-33-35-55-56(37-44)50-25-11-12-27-53(50)64(55)52-28-15-19-42-17-9-10-24-49(42)52/h1-40,63-64H. The number of hydrogen-bond donors (Lipinski definition) is 0. The molecule has 3 aliphatic rings. The van der Waals surface area contributed by atoms with Crippen LogP contribution in [0.4, 0.5) is 0 Å². The molecule has 14 rings (SSSR count). The zero-order valence-electron chi connectivity index (χ0n) is 35.7. The Morgan fingerprint density at radius 3 is 1.58 bits per heavy atom. The fraction of sp³-hybridized carbons (Fsp3) is 0.0462. The van der Waals surface area contributed by atoms with E-state index in [1.165, 1.54) is 122 Å². The zero-order valence-corrected chi connectivity index (χ0v) is 35.7. The van der Waals surface area contributed by atoms with Crippen molar-refractivity contribution in [2.24, 2.45) is 0 Å². The third-order valence-corrected chi connectivity index (χ3v) is 15.1. The summed E-state index contributed by atoms with van der Waals surface area (Å²) < 4.78 is 0. The monoisotopic (exact) mass is 822 g/mol. The van der Waals surface area contributed by atoms with Crippen molar-refractivity contribution in [3.63, 3.8) is 0 Å². The molecule has 2 unspecified atom stereocenters. The smallest absolute Gasteiger partial charge is 0.0622 e. The minimum atomic E-state index is -0.476. The average Bonchev–Trinajstić information content (AvgIpc) is 3.99. The van der Waals surface area contributed by atoms with E-state index in [4.69, 9.17) is 0 Å². The van der Waals surface area contributed by atoms with Gasteiger partial charge < -0.3 is 0 Å². The summed E-state index contributed by atoms with van der Waals surface area (Å²) >= 11 is 0. The van der Waals surface area contributed by atoms with Crippen LogP contribution in [0.2, 0.25) is 0 Å². The first kappa shape index (κ1) is 36.4. The van der Waals surface area contributed by atoms with Gasteiger partial charge in [0.1, 0.15) is 0 Å². The summed E-state index contributed by atoms with van der Waals surface area (Å²) in [6.07, 6.45) is 0. The highest BCUT2D eigenvalue weighted by Gasteiger charge is 2.47. The molecule has 2 atom stereocenters. The molecular formula is C65H42. The molecule has 0 aliphatic heterocycles. The predicted octanol–water partition coefficient (Wildman–Crippen LogP) is 16.3. The molecule has 0 heterocycles. The van der Waals surface area contributed by atoms with E-state index in [1.54, 1.807) is 0 Å². The summed E-state index contributed by atoms with van der Waals surface area (Å²) in [5.41, 5.74) is 23.4. The van der Waals surface area contributed by atoms with Crippen LogP contribution in [0.5, 0.6) is 0 Å². The van der Waals surface area contributed by atoms with Gasteiger partial charge in [0, 0.05) is 11.8 Å². The van der Waals surface area contributed by atoms with Gasteiger partial charge >= 0.3 is 0 Å². The fourth-order valence-electron chi connectivity index (χ4n) is 12.3. The summed E-state index contributed by atoms with van der Waals surface area (Å²) in [5, 5.41) is 5.15. The first-order chi connectivity index (χ1) is 32.2. The van der Waals surface area contributed by atoms with E-state index in [-0.39, 0.29) is 11.8 Å². The maximum Gasteiger partial charge on any atom is 0.0713 e. The van der Waals surface area contributed by atoms with E-state index < -0.39 is 5.41 Å². The van der Waals surface area contributed by atoms with Crippen molar-refractivity contribution in [3.8, 4) is 44.5 Å². The Morgan fingerprint density at radius 2 is 0.815 bits per heavy atom. The lowest BCUT2D eigenvalue weighted by Gasteiger charge is -2.34. The highest BCUT2D eigenvalue weighted by molar-refractivity contribution is 5.95. The van der Waals surface area contributed by atoms with Crippen LogP contribution in [0.1, 0.15) is 67.5 Å². The summed E-state index contributed by atoms with van der Waals surface area (Å²) in [7, 11) is 0. The van der Waals surface area contributed by atoms with Crippen LogP contribution >= 0.6 is 0 Å². The summed E-state index contributed by atoms with van der Waals surface area (Å²) in [5.74, 6) is 0.268. The van der Waals surface area contributed by atoms with Gasteiger partial charge in [-0.25, -0.2) is 0 Å². The molecular weight excluding hydrogens is 781 g/mol. The second-order valence-corrected chi connectivity index (χ2v) is 18.2. The fourth-order valence-corrected chi connectivity index (χ4v) is 12.3. The van der Waals surface area contributed by atoms with Gasteiger partial charge in [-0.2, -0.15) is 0 Å². The van der Waals surface area contributed by atoms with Crippen molar-refractivity contribution in [1.29, 1.82) is 0 Å². The molecule has 0 nitrogen and oxygen atoms in total. The van der Waals surface area contributed by atoms with Crippen LogP contribution in [-0.2, 0) is 5.41 Å². The lowest BCUT2D eigenvalue weighted by atomic mass is 9.67. The Hall–Kier alpha value is -8.06. The molecule has 0 N–H and O–H groups in total. The maximum atomic E-state index is 2.59. The molecule has 0 spiro atoms. The highest BCUT2D eigenvalue weighted by atomic mass is 14.5. The van der Waals surface area contributed by atoms with Crippen molar-refractivity contribution in [2.75, 3.05) is 0 Å². The largest absolute Gasteiger partial charge is 0.0713 e. The average molecular weight is 823 g/mol. The molecule has 302 valence electrons. The number of hydrogen-bond acceptors (Lipinski definition) is 0. The predicted molar refractivity (Wildman–Crippen MR) is 270 cm³/mol. The number of benzene rings is 11. The van der Waals surface area contributed by atoms with Crippen molar-refractivity contribution in [2.45, 2.75) is 17.3 Å². The zero-order chi connectivity index (χ0) is 42.6. The van der Waals surface area contributed by atoms with Crippen LogP contribution in [-0.4, -0.2) is 0 Å². The SMILES string of the molecule is c1ccc(C2(c3ccccc3)c3ccccc3-c3cc4c(cc32)-c2cc(-c3ccc5c(c3)-c3ccccc3C5c3cccc5ccccc35)ccc2C4c2ccc3ccccc3c2)cc1.